The average molecular weight is 250 g/mol. The number of nitrogens with one attached hydrogen (secondary N) is 1. The molecule has 1 saturated heterocycles. The largest absolute Gasteiger partial charge is 0.649 e. The second-order valence-corrected chi connectivity index (χ2v) is 2.82. The van der Waals surface area contributed by atoms with Crippen molar-refractivity contribution in [3.8, 4) is 0 Å². The van der Waals surface area contributed by atoms with Gasteiger partial charge in [0.05, 0.1) is 24.4 Å². The molecule has 1 aliphatic rings. The molecule has 5 atom stereocenters. The Morgan fingerprint density at radius 3 is 2.33 bits per heavy atom. The number of nitrogens with two attached hydrogens (primary N) is 1. The van der Waals surface area contributed by atoms with Crippen molar-refractivity contribution in [2.24, 2.45) is 5.73 Å². The second-order valence-electron chi connectivity index (χ2n) is 2.82. The molecule has 1 radical (unpaired) electrons. The van der Waals surface area contributed by atoms with Crippen LogP contribution in [0.15, 0.2) is 0 Å². The third-order valence-electron chi connectivity index (χ3n) is 1.96. The molecule has 6 heteroatoms. The zero-order valence-electron chi connectivity index (χ0n) is 6.84. The first-order valence-electron chi connectivity index (χ1n) is 3.52. The zero-order chi connectivity index (χ0) is 8.59. The molecule has 5 N–H and O–H groups in total. The molecule has 1 aliphatic heterocycles. The Kier molecular flexibility index (Phi) is 5.33. The van der Waals surface area contributed by atoms with E-state index >= 15 is 0 Å². The molecule has 12 heavy (non-hydrogen) atoms. The van der Waals surface area contributed by atoms with Crippen LogP contribution >= 0.6 is 0 Å². The summed E-state index contributed by atoms with van der Waals surface area (Å²) in [6.45, 7) is 1.67. The minimum absolute atomic E-state index is 0. The zero-order valence-corrected chi connectivity index (χ0v) is 9.68. The summed E-state index contributed by atoms with van der Waals surface area (Å²) in [6, 6.07) is -0.605. The van der Waals surface area contributed by atoms with Gasteiger partial charge in [-0.05, 0) is 13.2 Å². The van der Waals surface area contributed by atoms with Crippen LogP contribution in [-0.4, -0.2) is 40.8 Å². The molecular formula is C6H13N2O3Y-. The van der Waals surface area contributed by atoms with E-state index in [1.165, 1.54) is 0 Å². The van der Waals surface area contributed by atoms with E-state index in [-0.39, 0.29) is 38.8 Å². The Hall–Kier alpha value is 0.904. The molecule has 5 nitrogen and oxygen atoms in total. The summed E-state index contributed by atoms with van der Waals surface area (Å²) in [6.07, 6.45) is -3.71. The molecule has 0 amide bonds. The molecule has 1 rings (SSSR count). The summed E-state index contributed by atoms with van der Waals surface area (Å²) in [4.78, 5) is 0. The first kappa shape index (κ1) is 12.9. The Morgan fingerprint density at radius 1 is 1.33 bits per heavy atom. The van der Waals surface area contributed by atoms with Gasteiger partial charge in [-0.25, -0.2) is 0 Å². The Morgan fingerprint density at radius 2 is 1.83 bits per heavy atom. The summed E-state index contributed by atoms with van der Waals surface area (Å²) in [5.41, 5.74) is 12.6. The monoisotopic (exact) mass is 250 g/mol. The molecule has 0 bridgehead atoms. The summed E-state index contributed by atoms with van der Waals surface area (Å²) >= 11 is 0. The van der Waals surface area contributed by atoms with Gasteiger partial charge in [-0.15, -0.1) is 0 Å². The standard InChI is InChI=1S/C6H13N2O3.Y/c1-2-3(7)4(9)5(10)6(8)11-2;/h2-6,8-10H,7H2,1H3;/q-1;. The van der Waals surface area contributed by atoms with Crippen LogP contribution in [0.25, 0.3) is 5.73 Å². The van der Waals surface area contributed by atoms with Crippen LogP contribution in [0.4, 0.5) is 0 Å². The molecular weight excluding hydrogens is 237 g/mol. The predicted octanol–water partition coefficient (Wildman–Crippen LogP) is -1.17. The molecule has 0 aromatic rings. The van der Waals surface area contributed by atoms with E-state index in [1.54, 1.807) is 6.92 Å². The maximum absolute atomic E-state index is 9.21. The number of hydrogen-bond acceptors (Lipinski definition) is 4. The van der Waals surface area contributed by atoms with E-state index in [9.17, 15) is 5.11 Å². The van der Waals surface area contributed by atoms with E-state index in [1.807, 2.05) is 0 Å². The minimum atomic E-state index is -1.19. The molecule has 5 unspecified atom stereocenters. The summed E-state index contributed by atoms with van der Waals surface area (Å²) in [5.74, 6) is 0. The van der Waals surface area contributed by atoms with Gasteiger partial charge in [0, 0.05) is 32.7 Å². The second kappa shape index (κ2) is 4.95. The molecule has 69 valence electrons. The first-order valence-corrected chi connectivity index (χ1v) is 3.52. The molecule has 0 aromatic carbocycles. The fraction of sp³-hybridized carbons (Fsp3) is 1.00. The van der Waals surface area contributed by atoms with Crippen LogP contribution in [-0.2, 0) is 37.4 Å². The first-order chi connectivity index (χ1) is 5.04. The van der Waals surface area contributed by atoms with Gasteiger partial charge in [0.2, 0.25) is 0 Å². The third-order valence-corrected chi connectivity index (χ3v) is 1.96. The van der Waals surface area contributed by atoms with Crippen molar-refractivity contribution in [1.82, 2.24) is 0 Å². The number of hydrogen-bond donors (Lipinski definition) is 3. The van der Waals surface area contributed by atoms with Crippen molar-refractivity contribution in [2.45, 2.75) is 37.5 Å². The average Bonchev–Trinajstić information content (AvgIpc) is 1.97. The van der Waals surface area contributed by atoms with Crippen LogP contribution in [0.5, 0.6) is 0 Å². The van der Waals surface area contributed by atoms with Crippen molar-refractivity contribution in [3.63, 3.8) is 0 Å². The van der Waals surface area contributed by atoms with Crippen molar-refractivity contribution in [3.05, 3.63) is 5.73 Å². The number of aliphatic hydroxyl groups excluding tert-OH is 2. The van der Waals surface area contributed by atoms with Gasteiger partial charge in [-0.3, -0.25) is 0 Å². The van der Waals surface area contributed by atoms with Crippen molar-refractivity contribution in [1.29, 1.82) is 0 Å². The number of ether oxygens (including phenoxy) is 1. The van der Waals surface area contributed by atoms with Gasteiger partial charge < -0.3 is 26.4 Å². The SMILES string of the molecule is CC1OC([NH-])C(O)C(O)C1N.[Y]. The van der Waals surface area contributed by atoms with Crippen molar-refractivity contribution < 1.29 is 47.7 Å². The Balaban J connectivity index is 0.00000121. The molecule has 0 spiro atoms. The van der Waals surface area contributed by atoms with Crippen LogP contribution in [0.2, 0.25) is 0 Å². The van der Waals surface area contributed by atoms with Gasteiger partial charge in [0.1, 0.15) is 0 Å². The van der Waals surface area contributed by atoms with Gasteiger partial charge in [-0.2, -0.15) is 0 Å². The fourth-order valence-corrected chi connectivity index (χ4v) is 1.09. The fourth-order valence-electron chi connectivity index (χ4n) is 1.09. The van der Waals surface area contributed by atoms with Crippen LogP contribution in [0.1, 0.15) is 6.92 Å². The Labute approximate surface area is 96.3 Å². The smallest absolute Gasteiger partial charge is 0.0982 e. The van der Waals surface area contributed by atoms with Gasteiger partial charge >= 0.3 is 0 Å². The predicted molar refractivity (Wildman–Crippen MR) is 38.6 cm³/mol. The normalized spacial score (nSPS) is 48.2. The molecule has 1 heterocycles. The van der Waals surface area contributed by atoms with E-state index in [0.29, 0.717) is 0 Å². The van der Waals surface area contributed by atoms with Gasteiger partial charge in [0.25, 0.3) is 0 Å². The van der Waals surface area contributed by atoms with Crippen LogP contribution in [0, 0.1) is 0 Å². The van der Waals surface area contributed by atoms with Gasteiger partial charge in [-0.1, -0.05) is 0 Å². The quantitative estimate of drug-likeness (QED) is 0.504. The van der Waals surface area contributed by atoms with E-state index in [0.717, 1.165) is 0 Å². The number of rotatable bonds is 0. The molecule has 0 aliphatic carbocycles. The van der Waals surface area contributed by atoms with E-state index in [4.69, 9.17) is 21.3 Å². The Bertz CT molecular complexity index is 135. The van der Waals surface area contributed by atoms with Crippen LogP contribution < -0.4 is 5.73 Å². The summed E-state index contributed by atoms with van der Waals surface area (Å²) < 4.78 is 4.91. The topological polar surface area (TPSA) is 99.5 Å². The summed E-state index contributed by atoms with van der Waals surface area (Å²) in [5, 5.41) is 18.3. The van der Waals surface area contributed by atoms with E-state index < -0.39 is 24.5 Å². The molecule has 0 saturated carbocycles. The van der Waals surface area contributed by atoms with Gasteiger partial charge in [0.15, 0.2) is 0 Å². The minimum Gasteiger partial charge on any atom is -0.649 e. The van der Waals surface area contributed by atoms with Crippen LogP contribution in [0.3, 0.4) is 0 Å². The summed E-state index contributed by atoms with van der Waals surface area (Å²) in [7, 11) is 0. The molecule has 1 fully saturated rings. The van der Waals surface area contributed by atoms with Crippen molar-refractivity contribution >= 4 is 0 Å². The van der Waals surface area contributed by atoms with Crippen molar-refractivity contribution in [2.75, 3.05) is 0 Å². The number of aliphatic hydroxyl groups is 2. The maximum atomic E-state index is 9.21. The van der Waals surface area contributed by atoms with E-state index in [2.05, 4.69) is 0 Å². The molecule has 0 aromatic heterocycles. The maximum Gasteiger partial charge on any atom is 0.0982 e. The third kappa shape index (κ3) is 2.45.